The predicted octanol–water partition coefficient (Wildman–Crippen LogP) is 1.87. The predicted molar refractivity (Wildman–Crippen MR) is 84.8 cm³/mol. The number of hydrogen-bond donors (Lipinski definition) is 5. The molecule has 7 heteroatoms. The molecule has 0 fully saturated rings. The van der Waals surface area contributed by atoms with E-state index in [0.29, 0.717) is 25.1 Å². The second-order valence-electron chi connectivity index (χ2n) is 5.02. The summed E-state index contributed by atoms with van der Waals surface area (Å²) < 4.78 is 0. The fraction of sp³-hybridized carbons (Fsp3) is 0.333. The molecule has 1 heterocycles. The van der Waals surface area contributed by atoms with Gasteiger partial charge in [0, 0.05) is 17.1 Å². The number of aromatic amines is 1. The van der Waals surface area contributed by atoms with Gasteiger partial charge < -0.3 is 26.5 Å². The lowest BCUT2D eigenvalue weighted by Crippen LogP contribution is -2.43. The summed E-state index contributed by atoms with van der Waals surface area (Å²) in [6.07, 6.45) is 2.42. The summed E-state index contributed by atoms with van der Waals surface area (Å²) in [4.78, 5) is 26.2. The zero-order valence-electron chi connectivity index (χ0n) is 12.1. The zero-order chi connectivity index (χ0) is 15.9. The van der Waals surface area contributed by atoms with Crippen molar-refractivity contribution in [1.29, 1.82) is 0 Å². The summed E-state index contributed by atoms with van der Waals surface area (Å²) in [5.74, 6) is -0.367. The Morgan fingerprint density at radius 2 is 2.09 bits per heavy atom. The Kier molecular flexibility index (Phi) is 5.37. The molecule has 6 N–H and O–H groups in total. The number of nitrogens with two attached hydrogens (primary N) is 1. The molecule has 0 bridgehead atoms. The number of H-pyrrole nitrogens is 1. The second kappa shape index (κ2) is 7.46. The number of anilines is 1. The summed E-state index contributed by atoms with van der Waals surface area (Å²) in [5, 5.41) is 14.8. The monoisotopic (exact) mass is 304 g/mol. The molecule has 2 rings (SSSR count). The van der Waals surface area contributed by atoms with Gasteiger partial charge in [-0.25, -0.2) is 4.79 Å². The third-order valence-electron chi connectivity index (χ3n) is 3.41. The molecule has 0 unspecified atom stereocenters. The van der Waals surface area contributed by atoms with Crippen LogP contribution in [0.2, 0.25) is 0 Å². The highest BCUT2D eigenvalue weighted by molar-refractivity contribution is 6.03. The van der Waals surface area contributed by atoms with Crippen LogP contribution in [0.5, 0.6) is 0 Å². The summed E-state index contributed by atoms with van der Waals surface area (Å²) in [6.45, 7) is 0.518. The van der Waals surface area contributed by atoms with Crippen LogP contribution in [-0.4, -0.2) is 34.7 Å². The first-order valence-electron chi connectivity index (χ1n) is 7.18. The van der Waals surface area contributed by atoms with Gasteiger partial charge in [-0.05, 0) is 44.0 Å². The Bertz CT molecular complexity index is 653. The molecule has 118 valence electrons. The molecule has 0 radical (unpaired) electrons. The van der Waals surface area contributed by atoms with E-state index >= 15 is 0 Å². The van der Waals surface area contributed by atoms with Gasteiger partial charge in [0.15, 0.2) is 0 Å². The number of hydrogen-bond acceptors (Lipinski definition) is 3. The van der Waals surface area contributed by atoms with Gasteiger partial charge in [-0.1, -0.05) is 6.07 Å². The number of carbonyl (C=O) groups is 2. The lowest BCUT2D eigenvalue weighted by Gasteiger charge is -2.17. The maximum absolute atomic E-state index is 12.3. The van der Waals surface area contributed by atoms with Crippen LogP contribution in [0.25, 0.3) is 10.9 Å². The first-order valence-corrected chi connectivity index (χ1v) is 7.18. The first kappa shape index (κ1) is 15.8. The van der Waals surface area contributed by atoms with Gasteiger partial charge in [0.1, 0.15) is 6.04 Å². The summed E-state index contributed by atoms with van der Waals surface area (Å²) in [5.41, 5.74) is 6.98. The molecule has 0 aliphatic rings. The largest absolute Gasteiger partial charge is 0.465 e. The van der Waals surface area contributed by atoms with Crippen LogP contribution in [0.3, 0.4) is 0 Å². The standard InChI is InChI=1S/C15H20N4O3/c16-8-2-1-4-13(19-15(21)22)14(20)18-12-6-3-5-11-10(12)7-9-17-11/h3,5-7,9,13,17,19H,1-2,4,8,16H2,(H,18,20)(H,21,22)/t13-/m0/s1. The second-order valence-corrected chi connectivity index (χ2v) is 5.02. The molecule has 22 heavy (non-hydrogen) atoms. The summed E-state index contributed by atoms with van der Waals surface area (Å²) in [7, 11) is 0. The average Bonchev–Trinajstić information content (AvgIpc) is 2.95. The molecular formula is C15H20N4O3. The molecule has 0 saturated heterocycles. The van der Waals surface area contributed by atoms with Crippen molar-refractivity contribution in [2.75, 3.05) is 11.9 Å². The van der Waals surface area contributed by atoms with Crippen LogP contribution < -0.4 is 16.4 Å². The number of aromatic nitrogens is 1. The smallest absolute Gasteiger partial charge is 0.405 e. The number of benzene rings is 1. The number of amides is 2. The van der Waals surface area contributed by atoms with E-state index in [9.17, 15) is 9.59 Å². The van der Waals surface area contributed by atoms with Crippen LogP contribution in [0, 0.1) is 0 Å². The lowest BCUT2D eigenvalue weighted by atomic mass is 10.1. The average molecular weight is 304 g/mol. The number of carboxylic acid groups (broad SMARTS) is 1. The number of nitrogens with one attached hydrogen (secondary N) is 3. The Labute approximate surface area is 127 Å². The van der Waals surface area contributed by atoms with E-state index in [2.05, 4.69) is 15.6 Å². The van der Waals surface area contributed by atoms with Gasteiger partial charge in [-0.2, -0.15) is 0 Å². The molecule has 2 amide bonds. The molecule has 0 saturated carbocycles. The fourth-order valence-electron chi connectivity index (χ4n) is 2.32. The van der Waals surface area contributed by atoms with E-state index in [1.165, 1.54) is 0 Å². The molecule has 2 aromatic rings. The number of carbonyl (C=O) groups excluding carboxylic acids is 1. The molecule has 1 aromatic heterocycles. The third-order valence-corrected chi connectivity index (χ3v) is 3.41. The van der Waals surface area contributed by atoms with Crippen LogP contribution in [0.15, 0.2) is 30.5 Å². The van der Waals surface area contributed by atoms with Gasteiger partial charge in [-0.3, -0.25) is 4.79 Å². The van der Waals surface area contributed by atoms with E-state index in [4.69, 9.17) is 10.8 Å². The molecule has 0 spiro atoms. The van der Waals surface area contributed by atoms with Crippen LogP contribution in [0.4, 0.5) is 10.5 Å². The van der Waals surface area contributed by atoms with Crippen LogP contribution >= 0.6 is 0 Å². The van der Waals surface area contributed by atoms with E-state index < -0.39 is 12.1 Å². The number of rotatable bonds is 7. The normalized spacial score (nSPS) is 12.0. The van der Waals surface area contributed by atoms with E-state index in [0.717, 1.165) is 17.3 Å². The molecular weight excluding hydrogens is 284 g/mol. The maximum atomic E-state index is 12.3. The fourth-order valence-corrected chi connectivity index (χ4v) is 2.32. The van der Waals surface area contributed by atoms with Gasteiger partial charge in [0.25, 0.3) is 0 Å². The first-order chi connectivity index (χ1) is 10.6. The minimum Gasteiger partial charge on any atom is -0.465 e. The van der Waals surface area contributed by atoms with Crippen molar-refractivity contribution in [1.82, 2.24) is 10.3 Å². The Morgan fingerprint density at radius 1 is 1.27 bits per heavy atom. The van der Waals surface area contributed by atoms with Crippen molar-refractivity contribution in [3.63, 3.8) is 0 Å². The summed E-state index contributed by atoms with van der Waals surface area (Å²) >= 11 is 0. The van der Waals surface area contributed by atoms with Crippen molar-refractivity contribution in [3.05, 3.63) is 30.5 Å². The van der Waals surface area contributed by atoms with Crippen molar-refractivity contribution in [2.24, 2.45) is 5.73 Å². The third kappa shape index (κ3) is 3.98. The SMILES string of the molecule is NCCCC[C@H](NC(=O)O)C(=O)Nc1cccc2[nH]ccc12. The maximum Gasteiger partial charge on any atom is 0.405 e. The Hall–Kier alpha value is -2.54. The molecule has 1 atom stereocenters. The van der Waals surface area contributed by atoms with E-state index in [1.54, 1.807) is 12.3 Å². The highest BCUT2D eigenvalue weighted by atomic mass is 16.4. The van der Waals surface area contributed by atoms with Gasteiger partial charge in [0.05, 0.1) is 5.69 Å². The van der Waals surface area contributed by atoms with E-state index in [1.807, 2.05) is 18.2 Å². The minimum atomic E-state index is -1.22. The topological polar surface area (TPSA) is 120 Å². The quantitative estimate of drug-likeness (QED) is 0.501. The van der Waals surface area contributed by atoms with Crippen molar-refractivity contribution in [2.45, 2.75) is 25.3 Å². The molecule has 7 nitrogen and oxygen atoms in total. The molecule has 1 aromatic carbocycles. The van der Waals surface area contributed by atoms with Crippen LogP contribution in [0.1, 0.15) is 19.3 Å². The van der Waals surface area contributed by atoms with Crippen molar-refractivity contribution >= 4 is 28.6 Å². The molecule has 0 aliphatic carbocycles. The van der Waals surface area contributed by atoms with Crippen LogP contribution in [-0.2, 0) is 4.79 Å². The summed E-state index contributed by atoms with van der Waals surface area (Å²) in [6, 6.07) is 6.57. The molecule has 0 aliphatic heterocycles. The number of unbranched alkanes of at least 4 members (excludes halogenated alkanes) is 1. The Morgan fingerprint density at radius 3 is 2.82 bits per heavy atom. The van der Waals surface area contributed by atoms with Gasteiger partial charge >= 0.3 is 6.09 Å². The van der Waals surface area contributed by atoms with Gasteiger partial charge in [-0.15, -0.1) is 0 Å². The van der Waals surface area contributed by atoms with Gasteiger partial charge in [0.2, 0.25) is 5.91 Å². The Balaban J connectivity index is 2.09. The minimum absolute atomic E-state index is 0.367. The van der Waals surface area contributed by atoms with E-state index in [-0.39, 0.29) is 5.91 Å². The highest BCUT2D eigenvalue weighted by Crippen LogP contribution is 2.22. The lowest BCUT2D eigenvalue weighted by molar-refractivity contribution is -0.118. The highest BCUT2D eigenvalue weighted by Gasteiger charge is 2.20. The van der Waals surface area contributed by atoms with Crippen molar-refractivity contribution < 1.29 is 14.7 Å². The van der Waals surface area contributed by atoms with Crippen molar-refractivity contribution in [3.8, 4) is 0 Å². The zero-order valence-corrected chi connectivity index (χ0v) is 12.1. The number of fused-ring (bicyclic) bond motifs is 1.